The predicted octanol–water partition coefficient (Wildman–Crippen LogP) is 4.26. The number of pyridine rings is 1. The molecule has 0 radical (unpaired) electrons. The van der Waals surface area contributed by atoms with Gasteiger partial charge in [-0.25, -0.2) is 4.68 Å². The average molecular weight is 303 g/mol. The zero-order chi connectivity index (χ0) is 15.7. The fraction of sp³-hybridized carbons (Fsp3) is 0.125. The summed E-state index contributed by atoms with van der Waals surface area (Å²) in [5, 5.41) is 4.09. The molecule has 0 N–H and O–H groups in total. The van der Waals surface area contributed by atoms with Crippen LogP contribution in [0.4, 0.5) is 13.2 Å². The second-order valence-electron chi connectivity index (χ2n) is 4.88. The Labute approximate surface area is 125 Å². The van der Waals surface area contributed by atoms with Gasteiger partial charge in [-0.15, -0.1) is 0 Å². The lowest BCUT2D eigenvalue weighted by molar-refractivity contribution is -0.142. The highest BCUT2D eigenvalue weighted by atomic mass is 19.4. The lowest BCUT2D eigenvalue weighted by Gasteiger charge is -2.10. The maximum atomic E-state index is 13.3. The van der Waals surface area contributed by atoms with Crippen molar-refractivity contribution >= 4 is 0 Å². The van der Waals surface area contributed by atoms with E-state index in [-0.39, 0.29) is 5.69 Å². The van der Waals surface area contributed by atoms with Gasteiger partial charge in [0.05, 0.1) is 11.4 Å². The Morgan fingerprint density at radius 3 is 2.41 bits per heavy atom. The number of rotatable bonds is 2. The second-order valence-corrected chi connectivity index (χ2v) is 4.88. The van der Waals surface area contributed by atoms with Gasteiger partial charge in [0.2, 0.25) is 0 Å². The van der Waals surface area contributed by atoms with Crippen LogP contribution in [0.2, 0.25) is 0 Å². The number of hydrogen-bond donors (Lipinski definition) is 0. The molecular weight excluding hydrogens is 291 g/mol. The highest BCUT2D eigenvalue weighted by Crippen LogP contribution is 2.33. The second kappa shape index (κ2) is 5.29. The van der Waals surface area contributed by atoms with Gasteiger partial charge >= 0.3 is 6.18 Å². The number of nitrogens with zero attached hydrogens (tertiary/aromatic N) is 3. The number of aromatic nitrogens is 3. The monoisotopic (exact) mass is 303 g/mol. The molecule has 0 aliphatic carbocycles. The fourth-order valence-corrected chi connectivity index (χ4v) is 2.18. The first kappa shape index (κ1) is 14.3. The van der Waals surface area contributed by atoms with E-state index in [0.29, 0.717) is 11.4 Å². The summed E-state index contributed by atoms with van der Waals surface area (Å²) in [6.07, 6.45) is -2.97. The van der Waals surface area contributed by atoms with Crippen LogP contribution in [-0.4, -0.2) is 14.8 Å². The van der Waals surface area contributed by atoms with Crippen LogP contribution in [0, 0.1) is 6.92 Å². The molecule has 2 heterocycles. The summed E-state index contributed by atoms with van der Waals surface area (Å²) in [5.74, 6) is 0. The van der Waals surface area contributed by atoms with Crippen molar-refractivity contribution in [2.45, 2.75) is 13.1 Å². The lowest BCUT2D eigenvalue weighted by Crippen LogP contribution is -2.13. The van der Waals surface area contributed by atoms with Crippen molar-refractivity contribution in [2.24, 2.45) is 0 Å². The topological polar surface area (TPSA) is 30.7 Å². The predicted molar refractivity (Wildman–Crippen MR) is 76.5 cm³/mol. The van der Waals surface area contributed by atoms with E-state index in [1.165, 1.54) is 6.20 Å². The highest BCUT2D eigenvalue weighted by molar-refractivity contribution is 5.55. The maximum Gasteiger partial charge on any atom is 0.433 e. The van der Waals surface area contributed by atoms with E-state index >= 15 is 0 Å². The summed E-state index contributed by atoms with van der Waals surface area (Å²) < 4.78 is 40.8. The number of aryl methyl sites for hydroxylation is 1. The normalized spacial score (nSPS) is 11.6. The van der Waals surface area contributed by atoms with Crippen LogP contribution >= 0.6 is 0 Å². The van der Waals surface area contributed by atoms with Gasteiger partial charge in [-0.3, -0.25) is 4.98 Å². The van der Waals surface area contributed by atoms with Gasteiger partial charge in [0.15, 0.2) is 0 Å². The minimum Gasteiger partial charge on any atom is -0.255 e. The molecule has 0 bridgehead atoms. The molecule has 0 saturated heterocycles. The molecule has 3 rings (SSSR count). The molecule has 0 fully saturated rings. The van der Waals surface area contributed by atoms with Crippen molar-refractivity contribution in [1.82, 2.24) is 14.8 Å². The van der Waals surface area contributed by atoms with Crippen LogP contribution in [0.15, 0.2) is 54.7 Å². The first-order valence-corrected chi connectivity index (χ1v) is 6.61. The van der Waals surface area contributed by atoms with Gasteiger partial charge in [0.25, 0.3) is 0 Å². The van der Waals surface area contributed by atoms with Crippen LogP contribution in [0.25, 0.3) is 17.1 Å². The highest BCUT2D eigenvalue weighted by Gasteiger charge is 2.36. The van der Waals surface area contributed by atoms with Crippen LogP contribution in [0.3, 0.4) is 0 Å². The summed E-state index contributed by atoms with van der Waals surface area (Å²) >= 11 is 0. The van der Waals surface area contributed by atoms with E-state index in [4.69, 9.17) is 0 Å². The summed E-state index contributed by atoms with van der Waals surface area (Å²) in [5.41, 5.74) is 1.00. The molecule has 3 aromatic rings. The van der Waals surface area contributed by atoms with Crippen molar-refractivity contribution in [2.75, 3.05) is 0 Å². The van der Waals surface area contributed by atoms with Crippen LogP contribution in [0.1, 0.15) is 11.3 Å². The fourth-order valence-electron chi connectivity index (χ4n) is 2.18. The summed E-state index contributed by atoms with van der Waals surface area (Å²) in [7, 11) is 0. The molecule has 0 unspecified atom stereocenters. The van der Waals surface area contributed by atoms with Gasteiger partial charge in [-0.1, -0.05) is 18.2 Å². The molecule has 0 aliphatic rings. The van der Waals surface area contributed by atoms with Gasteiger partial charge < -0.3 is 0 Å². The van der Waals surface area contributed by atoms with Gasteiger partial charge in [0, 0.05) is 6.20 Å². The summed E-state index contributed by atoms with van der Waals surface area (Å²) in [6.45, 7) is 1.82. The Morgan fingerprint density at radius 1 is 0.955 bits per heavy atom. The van der Waals surface area contributed by atoms with Crippen molar-refractivity contribution < 1.29 is 13.2 Å². The number of benzene rings is 1. The molecule has 0 amide bonds. The van der Waals surface area contributed by atoms with Gasteiger partial charge in [0.1, 0.15) is 11.4 Å². The van der Waals surface area contributed by atoms with E-state index in [0.717, 1.165) is 16.3 Å². The molecule has 0 spiro atoms. The summed E-state index contributed by atoms with van der Waals surface area (Å²) in [6, 6.07) is 12.8. The number of alkyl halides is 3. The number of halogens is 3. The van der Waals surface area contributed by atoms with Crippen LogP contribution < -0.4 is 0 Å². The lowest BCUT2D eigenvalue weighted by atomic mass is 10.2. The first-order chi connectivity index (χ1) is 10.4. The molecular formula is C16H12F3N3. The molecule has 0 aliphatic heterocycles. The Bertz CT molecular complexity index is 792. The van der Waals surface area contributed by atoms with Gasteiger partial charge in [-0.2, -0.15) is 18.3 Å². The smallest absolute Gasteiger partial charge is 0.255 e. The Balaban J connectivity index is 2.18. The molecule has 2 aromatic heterocycles. The standard InChI is InChI=1S/C16H12F3N3/c1-11-5-4-6-12(9-11)22-15(16(17,18)19)10-14(21-22)13-7-2-3-8-20-13/h2-10H,1H3. The minimum atomic E-state index is -4.50. The zero-order valence-corrected chi connectivity index (χ0v) is 11.7. The van der Waals surface area contributed by atoms with E-state index in [1.807, 2.05) is 13.0 Å². The van der Waals surface area contributed by atoms with Gasteiger partial charge in [-0.05, 0) is 42.8 Å². The van der Waals surface area contributed by atoms with E-state index in [2.05, 4.69) is 10.1 Å². The molecule has 6 heteroatoms. The minimum absolute atomic E-state index is 0.189. The quantitative estimate of drug-likeness (QED) is 0.708. The molecule has 1 aromatic carbocycles. The zero-order valence-electron chi connectivity index (χ0n) is 11.7. The van der Waals surface area contributed by atoms with Crippen molar-refractivity contribution in [3.63, 3.8) is 0 Å². The third kappa shape index (κ3) is 2.72. The van der Waals surface area contributed by atoms with E-state index in [1.54, 1.807) is 36.4 Å². The third-order valence-corrected chi connectivity index (χ3v) is 3.17. The van der Waals surface area contributed by atoms with Crippen LogP contribution in [0.5, 0.6) is 0 Å². The van der Waals surface area contributed by atoms with Crippen molar-refractivity contribution in [3.8, 4) is 17.1 Å². The Hall–Kier alpha value is -2.63. The molecule has 112 valence electrons. The van der Waals surface area contributed by atoms with Crippen molar-refractivity contribution in [1.29, 1.82) is 0 Å². The first-order valence-electron chi connectivity index (χ1n) is 6.61. The van der Waals surface area contributed by atoms with E-state index in [9.17, 15) is 13.2 Å². The van der Waals surface area contributed by atoms with Crippen molar-refractivity contribution in [3.05, 3.63) is 66.0 Å². The molecule has 0 atom stereocenters. The maximum absolute atomic E-state index is 13.3. The van der Waals surface area contributed by atoms with E-state index < -0.39 is 11.9 Å². The molecule has 22 heavy (non-hydrogen) atoms. The number of hydrogen-bond acceptors (Lipinski definition) is 2. The Morgan fingerprint density at radius 2 is 1.77 bits per heavy atom. The SMILES string of the molecule is Cc1cccc(-n2nc(-c3ccccn3)cc2C(F)(F)F)c1. The third-order valence-electron chi connectivity index (χ3n) is 3.17. The molecule has 0 saturated carbocycles. The largest absolute Gasteiger partial charge is 0.433 e. The van der Waals surface area contributed by atoms with Crippen LogP contribution in [-0.2, 0) is 6.18 Å². The Kier molecular flexibility index (Phi) is 3.44. The average Bonchev–Trinajstić information content (AvgIpc) is 2.93. The molecule has 3 nitrogen and oxygen atoms in total. The summed E-state index contributed by atoms with van der Waals surface area (Å²) in [4.78, 5) is 4.05.